The van der Waals surface area contributed by atoms with Crippen molar-refractivity contribution in [2.75, 3.05) is 24.3 Å². The van der Waals surface area contributed by atoms with Crippen LogP contribution in [0.5, 0.6) is 0 Å². The second-order valence-electron chi connectivity index (χ2n) is 4.82. The van der Waals surface area contributed by atoms with Crippen LogP contribution in [0.4, 0.5) is 11.4 Å². The molecule has 0 bridgehead atoms. The highest BCUT2D eigenvalue weighted by molar-refractivity contribution is 6.09. The van der Waals surface area contributed by atoms with Crippen LogP contribution in [0.3, 0.4) is 0 Å². The van der Waals surface area contributed by atoms with E-state index in [2.05, 4.69) is 11.4 Å². The lowest BCUT2D eigenvalue weighted by atomic mass is 10.1. The smallest absolute Gasteiger partial charge is 0.260 e. The number of carbonyl (C=O) groups excluding carboxylic acids is 1. The average Bonchev–Trinajstić information content (AvgIpc) is 2.53. The molecule has 0 unspecified atom stereocenters. The molecule has 4 nitrogen and oxygen atoms in total. The fourth-order valence-electron chi connectivity index (χ4n) is 2.11. The standard InChI is InChI=1S/C17H17N3O/c1-12-4-9-15(16(10-12)19-2)17(21)20(3)14-7-5-13(11-18)6-8-14/h4-10,19H,1-3H3. The number of aryl methyl sites for hydroxylation is 1. The maximum absolute atomic E-state index is 12.6. The van der Waals surface area contributed by atoms with E-state index in [4.69, 9.17) is 5.26 Å². The van der Waals surface area contributed by atoms with Crippen LogP contribution in [0.1, 0.15) is 21.5 Å². The van der Waals surface area contributed by atoms with Gasteiger partial charge < -0.3 is 10.2 Å². The molecule has 1 amide bonds. The van der Waals surface area contributed by atoms with Crippen molar-refractivity contribution in [3.05, 3.63) is 59.2 Å². The Morgan fingerprint density at radius 2 is 1.86 bits per heavy atom. The molecule has 0 atom stereocenters. The highest BCUT2D eigenvalue weighted by Gasteiger charge is 2.16. The average molecular weight is 279 g/mol. The third-order valence-corrected chi connectivity index (χ3v) is 3.36. The van der Waals surface area contributed by atoms with Crippen molar-refractivity contribution in [1.29, 1.82) is 5.26 Å². The SMILES string of the molecule is CNc1cc(C)ccc1C(=O)N(C)c1ccc(C#N)cc1. The Hall–Kier alpha value is -2.80. The van der Waals surface area contributed by atoms with Gasteiger partial charge in [-0.2, -0.15) is 5.26 Å². The number of benzene rings is 2. The summed E-state index contributed by atoms with van der Waals surface area (Å²) in [6.07, 6.45) is 0. The molecule has 0 aliphatic heterocycles. The van der Waals surface area contributed by atoms with E-state index in [1.807, 2.05) is 25.1 Å². The minimum Gasteiger partial charge on any atom is -0.387 e. The van der Waals surface area contributed by atoms with Gasteiger partial charge in [-0.25, -0.2) is 0 Å². The summed E-state index contributed by atoms with van der Waals surface area (Å²) < 4.78 is 0. The Morgan fingerprint density at radius 1 is 1.19 bits per heavy atom. The number of nitrogens with zero attached hydrogens (tertiary/aromatic N) is 2. The Morgan fingerprint density at radius 3 is 2.43 bits per heavy atom. The van der Waals surface area contributed by atoms with Crippen LogP contribution in [-0.4, -0.2) is 20.0 Å². The molecule has 0 aliphatic rings. The molecule has 0 radical (unpaired) electrons. The number of nitrogens with one attached hydrogen (secondary N) is 1. The van der Waals surface area contributed by atoms with E-state index in [0.717, 1.165) is 16.9 Å². The zero-order chi connectivity index (χ0) is 15.4. The number of hydrogen-bond acceptors (Lipinski definition) is 3. The zero-order valence-corrected chi connectivity index (χ0v) is 12.3. The van der Waals surface area contributed by atoms with Gasteiger partial charge in [0.15, 0.2) is 0 Å². The molecule has 1 N–H and O–H groups in total. The summed E-state index contributed by atoms with van der Waals surface area (Å²) in [5.41, 5.74) is 3.85. The molecule has 0 saturated carbocycles. The molecule has 0 aliphatic carbocycles. The van der Waals surface area contributed by atoms with Gasteiger partial charge in [-0.1, -0.05) is 6.07 Å². The van der Waals surface area contributed by atoms with Gasteiger partial charge in [0.05, 0.1) is 17.2 Å². The summed E-state index contributed by atoms with van der Waals surface area (Å²) in [5, 5.41) is 11.9. The quantitative estimate of drug-likeness (QED) is 0.938. The molecule has 0 aromatic heterocycles. The summed E-state index contributed by atoms with van der Waals surface area (Å²) >= 11 is 0. The lowest BCUT2D eigenvalue weighted by Gasteiger charge is -2.19. The van der Waals surface area contributed by atoms with Gasteiger partial charge in [-0.3, -0.25) is 4.79 Å². The first kappa shape index (κ1) is 14.6. The number of hydrogen-bond donors (Lipinski definition) is 1. The predicted octanol–water partition coefficient (Wildman–Crippen LogP) is 3.19. The molecular weight excluding hydrogens is 262 g/mol. The molecule has 2 rings (SSSR count). The second-order valence-corrected chi connectivity index (χ2v) is 4.82. The lowest BCUT2D eigenvalue weighted by molar-refractivity contribution is 0.0994. The molecule has 0 spiro atoms. The third-order valence-electron chi connectivity index (χ3n) is 3.36. The Kier molecular flexibility index (Phi) is 4.24. The van der Waals surface area contributed by atoms with Crippen LogP contribution < -0.4 is 10.2 Å². The van der Waals surface area contributed by atoms with Crippen LogP contribution in [0, 0.1) is 18.3 Å². The first-order chi connectivity index (χ1) is 10.1. The molecule has 0 heterocycles. The zero-order valence-electron chi connectivity index (χ0n) is 12.3. The maximum atomic E-state index is 12.6. The van der Waals surface area contributed by atoms with Crippen LogP contribution in [0.15, 0.2) is 42.5 Å². The molecular formula is C17H17N3O. The largest absolute Gasteiger partial charge is 0.387 e. The van der Waals surface area contributed by atoms with E-state index in [0.29, 0.717) is 11.1 Å². The number of anilines is 2. The Bertz CT molecular complexity index is 699. The van der Waals surface area contributed by atoms with Gasteiger partial charge in [0, 0.05) is 25.5 Å². The molecule has 0 saturated heterocycles. The summed E-state index contributed by atoms with van der Waals surface area (Å²) in [6.45, 7) is 1.99. The predicted molar refractivity (Wildman–Crippen MR) is 84.6 cm³/mol. The molecule has 21 heavy (non-hydrogen) atoms. The van der Waals surface area contributed by atoms with Crippen LogP contribution in [-0.2, 0) is 0 Å². The minimum absolute atomic E-state index is 0.0935. The molecule has 2 aromatic rings. The monoisotopic (exact) mass is 279 g/mol. The second kappa shape index (κ2) is 6.10. The van der Waals surface area contributed by atoms with Gasteiger partial charge in [0.1, 0.15) is 0 Å². The normalized spacial score (nSPS) is 9.81. The van der Waals surface area contributed by atoms with Crippen molar-refractivity contribution in [3.63, 3.8) is 0 Å². The van der Waals surface area contributed by atoms with Crippen molar-refractivity contribution >= 4 is 17.3 Å². The van der Waals surface area contributed by atoms with Gasteiger partial charge in [-0.05, 0) is 48.9 Å². The highest BCUT2D eigenvalue weighted by atomic mass is 16.2. The summed E-state index contributed by atoms with van der Waals surface area (Å²) in [7, 11) is 3.52. The van der Waals surface area contributed by atoms with E-state index in [1.54, 1.807) is 43.3 Å². The molecule has 4 heteroatoms. The first-order valence-electron chi connectivity index (χ1n) is 6.63. The number of carbonyl (C=O) groups is 1. The van der Waals surface area contributed by atoms with E-state index < -0.39 is 0 Å². The fourth-order valence-corrected chi connectivity index (χ4v) is 2.11. The van der Waals surface area contributed by atoms with E-state index in [-0.39, 0.29) is 5.91 Å². The molecule has 0 fully saturated rings. The Balaban J connectivity index is 2.32. The highest BCUT2D eigenvalue weighted by Crippen LogP contribution is 2.22. The van der Waals surface area contributed by atoms with Crippen molar-refractivity contribution in [2.45, 2.75) is 6.92 Å². The van der Waals surface area contributed by atoms with E-state index in [9.17, 15) is 4.79 Å². The van der Waals surface area contributed by atoms with Gasteiger partial charge in [-0.15, -0.1) is 0 Å². The van der Waals surface area contributed by atoms with Crippen LogP contribution >= 0.6 is 0 Å². The lowest BCUT2D eigenvalue weighted by Crippen LogP contribution is -2.27. The van der Waals surface area contributed by atoms with Crippen LogP contribution in [0.2, 0.25) is 0 Å². The van der Waals surface area contributed by atoms with E-state index >= 15 is 0 Å². The van der Waals surface area contributed by atoms with Gasteiger partial charge in [0.2, 0.25) is 0 Å². The maximum Gasteiger partial charge on any atom is 0.260 e. The fraction of sp³-hybridized carbons (Fsp3) is 0.176. The first-order valence-corrected chi connectivity index (χ1v) is 6.63. The number of rotatable bonds is 3. The van der Waals surface area contributed by atoms with Crippen molar-refractivity contribution in [2.24, 2.45) is 0 Å². The third kappa shape index (κ3) is 3.03. The van der Waals surface area contributed by atoms with Crippen LogP contribution in [0.25, 0.3) is 0 Å². The molecule has 106 valence electrons. The number of nitriles is 1. The minimum atomic E-state index is -0.0935. The van der Waals surface area contributed by atoms with E-state index in [1.165, 1.54) is 0 Å². The van der Waals surface area contributed by atoms with Crippen molar-refractivity contribution in [3.8, 4) is 6.07 Å². The topological polar surface area (TPSA) is 56.1 Å². The van der Waals surface area contributed by atoms with Gasteiger partial charge in [0.25, 0.3) is 5.91 Å². The van der Waals surface area contributed by atoms with Crippen molar-refractivity contribution < 1.29 is 4.79 Å². The summed E-state index contributed by atoms with van der Waals surface area (Å²) in [4.78, 5) is 14.2. The Labute approximate surface area is 124 Å². The number of amides is 1. The van der Waals surface area contributed by atoms with Crippen molar-refractivity contribution in [1.82, 2.24) is 0 Å². The van der Waals surface area contributed by atoms with Gasteiger partial charge >= 0.3 is 0 Å². The summed E-state index contributed by atoms with van der Waals surface area (Å²) in [6, 6.07) is 14.7. The summed E-state index contributed by atoms with van der Waals surface area (Å²) in [5.74, 6) is -0.0935. The molecule has 2 aromatic carbocycles.